The van der Waals surface area contributed by atoms with E-state index in [0.717, 1.165) is 43.9 Å². The van der Waals surface area contributed by atoms with Crippen molar-refractivity contribution in [3.05, 3.63) is 11.6 Å². The second kappa shape index (κ2) is 7.40. The van der Waals surface area contributed by atoms with Gasteiger partial charge in [-0.1, -0.05) is 20.3 Å². The van der Waals surface area contributed by atoms with E-state index in [9.17, 15) is 9.90 Å². The smallest absolute Gasteiger partial charge is 0.315 e. The number of aromatic nitrogens is 3. The zero-order valence-electron chi connectivity index (χ0n) is 12.8. The van der Waals surface area contributed by atoms with Gasteiger partial charge in [-0.3, -0.25) is 0 Å². The molecule has 2 heterocycles. The predicted molar refractivity (Wildman–Crippen MR) is 78.8 cm³/mol. The summed E-state index contributed by atoms with van der Waals surface area (Å²) in [4.78, 5) is 16.4. The second-order valence-electron chi connectivity index (χ2n) is 5.45. The molecule has 0 aromatic carbocycles. The first-order valence-electron chi connectivity index (χ1n) is 7.80. The molecular weight excluding hydrogens is 270 g/mol. The first-order valence-corrected chi connectivity index (χ1v) is 7.80. The lowest BCUT2D eigenvalue weighted by molar-refractivity contribution is 0.159. The Balaban J connectivity index is 1.89. The molecule has 21 heavy (non-hydrogen) atoms. The van der Waals surface area contributed by atoms with E-state index in [1.807, 2.05) is 18.5 Å². The third-order valence-corrected chi connectivity index (χ3v) is 3.66. The Bertz CT molecular complexity index is 474. The van der Waals surface area contributed by atoms with E-state index in [2.05, 4.69) is 20.7 Å². The van der Waals surface area contributed by atoms with Gasteiger partial charge in [0.1, 0.15) is 5.82 Å². The van der Waals surface area contributed by atoms with Crippen LogP contribution in [0.3, 0.4) is 0 Å². The van der Waals surface area contributed by atoms with Crippen molar-refractivity contribution < 1.29 is 9.90 Å². The van der Waals surface area contributed by atoms with E-state index in [0.29, 0.717) is 6.42 Å². The monoisotopic (exact) mass is 295 g/mol. The summed E-state index contributed by atoms with van der Waals surface area (Å²) in [7, 11) is 0. The lowest BCUT2D eigenvalue weighted by atomic mass is 10.1. The fourth-order valence-electron chi connectivity index (χ4n) is 2.54. The molecule has 0 bridgehead atoms. The maximum absolute atomic E-state index is 11.9. The molecule has 1 aliphatic heterocycles. The highest BCUT2D eigenvalue weighted by Crippen LogP contribution is 2.22. The van der Waals surface area contributed by atoms with Gasteiger partial charge in [0, 0.05) is 19.5 Å². The van der Waals surface area contributed by atoms with Crippen LogP contribution in [0.4, 0.5) is 4.79 Å². The van der Waals surface area contributed by atoms with Crippen molar-refractivity contribution in [3.8, 4) is 0 Å². The molecule has 1 aliphatic rings. The zero-order chi connectivity index (χ0) is 15.2. The number of aliphatic hydroxyl groups excluding tert-OH is 1. The summed E-state index contributed by atoms with van der Waals surface area (Å²) >= 11 is 0. The van der Waals surface area contributed by atoms with Crippen LogP contribution in [0.25, 0.3) is 0 Å². The van der Waals surface area contributed by atoms with Crippen molar-refractivity contribution in [3.63, 3.8) is 0 Å². The van der Waals surface area contributed by atoms with Gasteiger partial charge >= 0.3 is 6.03 Å². The van der Waals surface area contributed by atoms with E-state index in [1.54, 1.807) is 0 Å². The number of carbonyl (C=O) groups excluding carboxylic acids is 1. The second-order valence-corrected chi connectivity index (χ2v) is 5.45. The first-order chi connectivity index (χ1) is 10.1. The molecule has 0 radical (unpaired) electrons. The van der Waals surface area contributed by atoms with Crippen molar-refractivity contribution in [1.29, 1.82) is 0 Å². The number of fused-ring (bicyclic) bond motifs is 1. The van der Waals surface area contributed by atoms with Crippen molar-refractivity contribution in [2.45, 2.75) is 64.6 Å². The summed E-state index contributed by atoms with van der Waals surface area (Å²) in [6.07, 6.45) is 3.74. The molecule has 0 saturated heterocycles. The van der Waals surface area contributed by atoms with Crippen molar-refractivity contribution in [1.82, 2.24) is 25.4 Å². The van der Waals surface area contributed by atoms with Gasteiger partial charge in [0.05, 0.1) is 12.1 Å². The van der Waals surface area contributed by atoms with Crippen molar-refractivity contribution >= 4 is 6.03 Å². The van der Waals surface area contributed by atoms with Gasteiger partial charge in [-0.25, -0.2) is 14.5 Å². The topological polar surface area (TPSA) is 92.1 Å². The Morgan fingerprint density at radius 2 is 2.33 bits per heavy atom. The number of nitrogens with zero attached hydrogens (tertiary/aromatic N) is 3. The van der Waals surface area contributed by atoms with E-state index in [-0.39, 0.29) is 18.6 Å². The third-order valence-electron chi connectivity index (χ3n) is 3.66. The predicted octanol–water partition coefficient (Wildman–Crippen LogP) is 1.14. The molecule has 1 aromatic rings. The highest BCUT2D eigenvalue weighted by molar-refractivity contribution is 5.74. The van der Waals surface area contributed by atoms with Crippen LogP contribution in [0, 0.1) is 0 Å². The van der Waals surface area contributed by atoms with E-state index >= 15 is 0 Å². The van der Waals surface area contributed by atoms with E-state index in [4.69, 9.17) is 0 Å². The number of rotatable bonds is 6. The van der Waals surface area contributed by atoms with Crippen LogP contribution in [0.2, 0.25) is 0 Å². The Morgan fingerprint density at radius 1 is 1.52 bits per heavy atom. The van der Waals surface area contributed by atoms with Crippen LogP contribution in [-0.2, 0) is 13.0 Å². The number of nitrogens with one attached hydrogen (secondary N) is 2. The van der Waals surface area contributed by atoms with Gasteiger partial charge in [-0.15, -0.1) is 0 Å². The standard InChI is InChI=1S/C14H25N5O2/c1-3-6-10(20)9-15-14(21)16-11-7-5-8-19-13(11)17-12(4-2)18-19/h10-11,20H,3-9H2,1-2H3,(H2,15,16,21). The minimum atomic E-state index is -0.484. The number of aliphatic hydroxyl groups is 1. The molecule has 2 unspecified atom stereocenters. The maximum Gasteiger partial charge on any atom is 0.315 e. The number of aryl methyl sites for hydroxylation is 2. The summed E-state index contributed by atoms with van der Waals surface area (Å²) in [5.74, 6) is 1.65. The highest BCUT2D eigenvalue weighted by atomic mass is 16.3. The van der Waals surface area contributed by atoms with Gasteiger partial charge in [-0.05, 0) is 19.3 Å². The first kappa shape index (κ1) is 15.8. The molecule has 2 amide bonds. The summed E-state index contributed by atoms with van der Waals surface area (Å²) in [6, 6.07) is -0.362. The number of amides is 2. The minimum Gasteiger partial charge on any atom is -0.391 e. The van der Waals surface area contributed by atoms with Gasteiger partial charge in [0.15, 0.2) is 5.82 Å². The van der Waals surface area contributed by atoms with Crippen LogP contribution in [-0.4, -0.2) is 38.6 Å². The van der Waals surface area contributed by atoms with Crippen molar-refractivity contribution in [2.75, 3.05) is 6.54 Å². The fourth-order valence-corrected chi connectivity index (χ4v) is 2.54. The average molecular weight is 295 g/mol. The van der Waals surface area contributed by atoms with E-state index < -0.39 is 6.10 Å². The molecule has 3 N–H and O–H groups in total. The third kappa shape index (κ3) is 4.17. The number of hydrogen-bond donors (Lipinski definition) is 3. The quantitative estimate of drug-likeness (QED) is 0.733. The van der Waals surface area contributed by atoms with Gasteiger partial charge in [0.2, 0.25) is 0 Å². The Hall–Kier alpha value is -1.63. The number of urea groups is 1. The largest absolute Gasteiger partial charge is 0.391 e. The zero-order valence-corrected chi connectivity index (χ0v) is 12.8. The van der Waals surface area contributed by atoms with Gasteiger partial charge < -0.3 is 15.7 Å². The lowest BCUT2D eigenvalue weighted by Crippen LogP contribution is -2.42. The fraction of sp³-hybridized carbons (Fsp3) is 0.786. The summed E-state index contributed by atoms with van der Waals surface area (Å²) in [5.41, 5.74) is 0. The minimum absolute atomic E-state index is 0.102. The van der Waals surface area contributed by atoms with Gasteiger partial charge in [-0.2, -0.15) is 5.10 Å². The molecule has 2 rings (SSSR count). The van der Waals surface area contributed by atoms with E-state index in [1.165, 1.54) is 0 Å². The van der Waals surface area contributed by atoms with Crippen LogP contribution >= 0.6 is 0 Å². The summed E-state index contributed by atoms with van der Waals surface area (Å²) < 4.78 is 1.89. The Labute approximate surface area is 125 Å². The molecule has 118 valence electrons. The summed E-state index contributed by atoms with van der Waals surface area (Å²) in [6.45, 7) is 5.16. The summed E-state index contributed by atoms with van der Waals surface area (Å²) in [5, 5.41) is 19.7. The van der Waals surface area contributed by atoms with Crippen LogP contribution < -0.4 is 10.6 Å². The van der Waals surface area contributed by atoms with Crippen molar-refractivity contribution in [2.24, 2.45) is 0 Å². The van der Waals surface area contributed by atoms with Crippen LogP contribution in [0.15, 0.2) is 0 Å². The normalized spacial score (nSPS) is 18.9. The molecule has 0 aliphatic carbocycles. The highest BCUT2D eigenvalue weighted by Gasteiger charge is 2.25. The van der Waals surface area contributed by atoms with Crippen LogP contribution in [0.1, 0.15) is 57.2 Å². The molecule has 0 spiro atoms. The Kier molecular flexibility index (Phi) is 5.55. The van der Waals surface area contributed by atoms with Crippen LogP contribution in [0.5, 0.6) is 0 Å². The average Bonchev–Trinajstić information content (AvgIpc) is 2.90. The molecule has 2 atom stereocenters. The molecule has 0 fully saturated rings. The number of hydrogen-bond acceptors (Lipinski definition) is 4. The number of carbonyl (C=O) groups is 1. The maximum atomic E-state index is 11.9. The Morgan fingerprint density at radius 3 is 3.05 bits per heavy atom. The molecule has 1 aromatic heterocycles. The SMILES string of the molecule is CCCC(O)CNC(=O)NC1CCCn2nc(CC)nc21. The lowest BCUT2D eigenvalue weighted by Gasteiger charge is -2.23. The molecule has 7 nitrogen and oxygen atoms in total. The molecule has 0 saturated carbocycles. The van der Waals surface area contributed by atoms with Gasteiger partial charge in [0.25, 0.3) is 0 Å². The molecule has 7 heteroatoms. The molecular formula is C14H25N5O2.